The van der Waals surface area contributed by atoms with Gasteiger partial charge in [0.2, 0.25) is 0 Å². The highest BCUT2D eigenvalue weighted by molar-refractivity contribution is 9.09. The number of hydrogen-bond donors (Lipinski definition) is 0. The summed E-state index contributed by atoms with van der Waals surface area (Å²) in [6, 6.07) is 0. The standard InChI is InChI=1S/C15H26BrNO/c16-11-13-4-9-17(10-5-13)12-14-3-8-15(18-14)6-1-2-7-15/h13-14H,1-12H2. The monoisotopic (exact) mass is 315 g/mol. The first-order valence-electron chi connectivity index (χ1n) is 7.76. The summed E-state index contributed by atoms with van der Waals surface area (Å²) in [6.07, 6.45) is 11.3. The summed E-state index contributed by atoms with van der Waals surface area (Å²) >= 11 is 3.62. The zero-order valence-electron chi connectivity index (χ0n) is 11.4. The highest BCUT2D eigenvalue weighted by Crippen LogP contribution is 2.43. The van der Waals surface area contributed by atoms with Gasteiger partial charge >= 0.3 is 0 Å². The summed E-state index contributed by atoms with van der Waals surface area (Å²) in [4.78, 5) is 2.64. The molecule has 0 aromatic rings. The first kappa shape index (κ1) is 13.4. The van der Waals surface area contributed by atoms with Crippen LogP contribution in [-0.2, 0) is 4.74 Å². The molecule has 1 aliphatic carbocycles. The van der Waals surface area contributed by atoms with Gasteiger partial charge in [-0.05, 0) is 57.5 Å². The smallest absolute Gasteiger partial charge is 0.0710 e. The van der Waals surface area contributed by atoms with E-state index in [1.54, 1.807) is 0 Å². The zero-order chi connectivity index (χ0) is 12.4. The van der Waals surface area contributed by atoms with Crippen LogP contribution in [0.3, 0.4) is 0 Å². The Morgan fingerprint density at radius 3 is 2.44 bits per heavy atom. The highest BCUT2D eigenvalue weighted by Gasteiger charge is 2.42. The van der Waals surface area contributed by atoms with Crippen molar-refractivity contribution in [2.24, 2.45) is 5.92 Å². The van der Waals surface area contributed by atoms with E-state index < -0.39 is 0 Å². The lowest BCUT2D eigenvalue weighted by atomic mass is 9.97. The number of piperidine rings is 1. The Labute approximate surface area is 120 Å². The molecule has 1 saturated carbocycles. The Bertz CT molecular complexity index is 270. The van der Waals surface area contributed by atoms with Gasteiger partial charge in [0.1, 0.15) is 0 Å². The summed E-state index contributed by atoms with van der Waals surface area (Å²) in [5.41, 5.74) is 0.318. The first-order valence-corrected chi connectivity index (χ1v) is 8.88. The van der Waals surface area contributed by atoms with E-state index in [0.717, 1.165) is 5.92 Å². The van der Waals surface area contributed by atoms with Crippen molar-refractivity contribution in [2.75, 3.05) is 25.0 Å². The van der Waals surface area contributed by atoms with Crippen molar-refractivity contribution in [3.05, 3.63) is 0 Å². The van der Waals surface area contributed by atoms with Crippen molar-refractivity contribution in [3.8, 4) is 0 Å². The lowest BCUT2D eigenvalue weighted by Gasteiger charge is -2.33. The van der Waals surface area contributed by atoms with Crippen LogP contribution in [0, 0.1) is 5.92 Å². The number of alkyl halides is 1. The van der Waals surface area contributed by atoms with Crippen LogP contribution in [0.25, 0.3) is 0 Å². The van der Waals surface area contributed by atoms with Crippen LogP contribution in [-0.4, -0.2) is 41.6 Å². The summed E-state index contributed by atoms with van der Waals surface area (Å²) in [5, 5.41) is 1.18. The van der Waals surface area contributed by atoms with Crippen molar-refractivity contribution >= 4 is 15.9 Å². The molecular formula is C15H26BrNO. The van der Waals surface area contributed by atoms with E-state index in [9.17, 15) is 0 Å². The van der Waals surface area contributed by atoms with E-state index in [2.05, 4.69) is 20.8 Å². The predicted molar refractivity (Wildman–Crippen MR) is 78.3 cm³/mol. The van der Waals surface area contributed by atoms with E-state index in [0.29, 0.717) is 11.7 Å². The summed E-state index contributed by atoms with van der Waals surface area (Å²) in [7, 11) is 0. The lowest BCUT2D eigenvalue weighted by Crippen LogP contribution is -2.40. The number of likely N-dealkylation sites (tertiary alicyclic amines) is 1. The predicted octanol–water partition coefficient (Wildman–Crippen LogP) is 3.59. The van der Waals surface area contributed by atoms with Crippen LogP contribution >= 0.6 is 15.9 Å². The third kappa shape index (κ3) is 2.94. The van der Waals surface area contributed by atoms with E-state index >= 15 is 0 Å². The van der Waals surface area contributed by atoms with Crippen LogP contribution in [0.15, 0.2) is 0 Å². The minimum Gasteiger partial charge on any atom is -0.370 e. The van der Waals surface area contributed by atoms with Crippen molar-refractivity contribution in [1.29, 1.82) is 0 Å². The van der Waals surface area contributed by atoms with Gasteiger partial charge in [0.05, 0.1) is 11.7 Å². The fraction of sp³-hybridized carbons (Fsp3) is 1.00. The Hall–Kier alpha value is 0.400. The van der Waals surface area contributed by atoms with Gasteiger partial charge < -0.3 is 9.64 Å². The number of ether oxygens (including phenoxy) is 1. The molecule has 0 aromatic heterocycles. The molecule has 3 heteroatoms. The minimum absolute atomic E-state index is 0.318. The SMILES string of the molecule is BrCC1CCN(CC2CCC3(CCCC3)O2)CC1. The molecule has 2 nitrogen and oxygen atoms in total. The lowest BCUT2D eigenvalue weighted by molar-refractivity contribution is -0.0495. The van der Waals surface area contributed by atoms with Crippen LogP contribution in [0.2, 0.25) is 0 Å². The van der Waals surface area contributed by atoms with Crippen LogP contribution in [0.1, 0.15) is 51.4 Å². The average Bonchev–Trinajstić information content (AvgIpc) is 3.02. The molecule has 0 aromatic carbocycles. The number of nitrogens with zero attached hydrogens (tertiary/aromatic N) is 1. The number of halogens is 1. The molecule has 3 rings (SSSR count). The molecule has 2 heterocycles. The van der Waals surface area contributed by atoms with Gasteiger partial charge in [-0.15, -0.1) is 0 Å². The Kier molecular flexibility index (Phi) is 4.32. The van der Waals surface area contributed by atoms with Crippen molar-refractivity contribution in [1.82, 2.24) is 4.90 Å². The number of hydrogen-bond acceptors (Lipinski definition) is 2. The minimum atomic E-state index is 0.318. The van der Waals surface area contributed by atoms with Gasteiger partial charge in [0.15, 0.2) is 0 Å². The van der Waals surface area contributed by atoms with Gasteiger partial charge in [0, 0.05) is 11.9 Å². The van der Waals surface area contributed by atoms with Crippen LogP contribution < -0.4 is 0 Å². The summed E-state index contributed by atoms with van der Waals surface area (Å²) < 4.78 is 6.41. The Morgan fingerprint density at radius 1 is 1.06 bits per heavy atom. The van der Waals surface area contributed by atoms with Crippen molar-refractivity contribution in [2.45, 2.75) is 63.1 Å². The summed E-state index contributed by atoms with van der Waals surface area (Å²) in [5.74, 6) is 0.909. The van der Waals surface area contributed by atoms with Crippen LogP contribution in [0.5, 0.6) is 0 Å². The second-order valence-electron chi connectivity index (χ2n) is 6.57. The molecule has 18 heavy (non-hydrogen) atoms. The molecule has 1 spiro atoms. The van der Waals surface area contributed by atoms with E-state index in [1.165, 1.54) is 76.3 Å². The Balaban J connectivity index is 1.44. The van der Waals surface area contributed by atoms with Gasteiger partial charge in [-0.1, -0.05) is 28.8 Å². The highest BCUT2D eigenvalue weighted by atomic mass is 79.9. The average molecular weight is 316 g/mol. The van der Waals surface area contributed by atoms with Crippen LogP contribution in [0.4, 0.5) is 0 Å². The maximum absolute atomic E-state index is 6.41. The topological polar surface area (TPSA) is 12.5 Å². The fourth-order valence-electron chi connectivity index (χ4n) is 4.02. The maximum Gasteiger partial charge on any atom is 0.0710 e. The normalized spacial score (nSPS) is 33.5. The molecule has 0 amide bonds. The van der Waals surface area contributed by atoms with Crippen molar-refractivity contribution < 1.29 is 4.74 Å². The molecule has 3 fully saturated rings. The van der Waals surface area contributed by atoms with E-state index in [4.69, 9.17) is 4.74 Å². The molecule has 3 aliphatic rings. The molecule has 2 aliphatic heterocycles. The second-order valence-corrected chi connectivity index (χ2v) is 7.21. The van der Waals surface area contributed by atoms with Gasteiger partial charge in [0.25, 0.3) is 0 Å². The molecule has 0 bridgehead atoms. The quantitative estimate of drug-likeness (QED) is 0.738. The van der Waals surface area contributed by atoms with E-state index in [1.807, 2.05) is 0 Å². The Morgan fingerprint density at radius 2 is 1.78 bits per heavy atom. The molecule has 0 N–H and O–H groups in total. The van der Waals surface area contributed by atoms with E-state index in [-0.39, 0.29) is 0 Å². The second kappa shape index (κ2) is 5.80. The van der Waals surface area contributed by atoms with Gasteiger partial charge in [-0.25, -0.2) is 0 Å². The molecule has 104 valence electrons. The van der Waals surface area contributed by atoms with Gasteiger partial charge in [-0.3, -0.25) is 0 Å². The fourth-order valence-corrected chi connectivity index (χ4v) is 4.67. The van der Waals surface area contributed by atoms with Gasteiger partial charge in [-0.2, -0.15) is 0 Å². The third-order valence-electron chi connectivity index (χ3n) is 5.24. The molecule has 1 unspecified atom stereocenters. The molecule has 0 radical (unpaired) electrons. The summed E-state index contributed by atoms with van der Waals surface area (Å²) in [6.45, 7) is 3.75. The largest absolute Gasteiger partial charge is 0.370 e. The maximum atomic E-state index is 6.41. The van der Waals surface area contributed by atoms with Crippen molar-refractivity contribution in [3.63, 3.8) is 0 Å². The third-order valence-corrected chi connectivity index (χ3v) is 6.16. The molecule has 1 atom stereocenters. The molecular weight excluding hydrogens is 290 g/mol. The zero-order valence-corrected chi connectivity index (χ0v) is 13.0. The first-order chi connectivity index (χ1) is 8.80. The molecule has 2 saturated heterocycles. The number of rotatable bonds is 3.